The first-order valence-electron chi connectivity index (χ1n) is 8.68. The van der Waals surface area contributed by atoms with Gasteiger partial charge in [0.15, 0.2) is 0 Å². The highest BCUT2D eigenvalue weighted by molar-refractivity contribution is 7.09. The lowest BCUT2D eigenvalue weighted by atomic mass is 10.1. The van der Waals surface area contributed by atoms with Gasteiger partial charge in [0.1, 0.15) is 6.54 Å². The van der Waals surface area contributed by atoms with Crippen LogP contribution in [0.2, 0.25) is 0 Å². The maximum absolute atomic E-state index is 12.7. The Morgan fingerprint density at radius 2 is 2.12 bits per heavy atom. The molecule has 2 rings (SSSR count). The summed E-state index contributed by atoms with van der Waals surface area (Å²) in [4.78, 5) is 40.0. The van der Waals surface area contributed by atoms with E-state index in [0.717, 1.165) is 19.3 Å². The zero-order chi connectivity index (χ0) is 18.4. The van der Waals surface area contributed by atoms with Crippen molar-refractivity contribution in [2.75, 3.05) is 19.6 Å². The Labute approximate surface area is 152 Å². The van der Waals surface area contributed by atoms with Crippen LogP contribution in [0.1, 0.15) is 38.0 Å². The highest BCUT2D eigenvalue weighted by Gasteiger charge is 2.29. The number of aliphatic carboxylic acids is 1. The molecular weight excluding hydrogens is 340 g/mol. The number of thiophene rings is 1. The van der Waals surface area contributed by atoms with Gasteiger partial charge in [-0.1, -0.05) is 13.0 Å². The van der Waals surface area contributed by atoms with Gasteiger partial charge in [0.2, 0.25) is 11.8 Å². The fourth-order valence-corrected chi connectivity index (χ4v) is 4.22. The van der Waals surface area contributed by atoms with Crippen molar-refractivity contribution in [3.05, 3.63) is 22.4 Å². The quantitative estimate of drug-likeness (QED) is 0.837. The minimum atomic E-state index is -1.00. The van der Waals surface area contributed by atoms with Gasteiger partial charge in [-0.05, 0) is 37.1 Å². The van der Waals surface area contributed by atoms with Crippen molar-refractivity contribution in [3.63, 3.8) is 0 Å². The van der Waals surface area contributed by atoms with E-state index in [1.807, 2.05) is 29.3 Å². The number of amides is 2. The molecule has 0 aliphatic carbocycles. The van der Waals surface area contributed by atoms with E-state index in [1.54, 1.807) is 11.3 Å². The van der Waals surface area contributed by atoms with Gasteiger partial charge in [0.25, 0.3) is 0 Å². The van der Waals surface area contributed by atoms with Gasteiger partial charge in [-0.3, -0.25) is 14.4 Å². The van der Waals surface area contributed by atoms with Crippen LogP contribution in [0.5, 0.6) is 0 Å². The van der Waals surface area contributed by atoms with E-state index in [9.17, 15) is 14.4 Å². The molecule has 2 unspecified atom stereocenters. The van der Waals surface area contributed by atoms with Gasteiger partial charge in [-0.15, -0.1) is 11.3 Å². The van der Waals surface area contributed by atoms with Crippen LogP contribution in [0, 0.1) is 5.92 Å². The van der Waals surface area contributed by atoms with Gasteiger partial charge in [-0.2, -0.15) is 0 Å². The molecule has 7 heteroatoms. The average Bonchev–Trinajstić information content (AvgIpc) is 2.93. The first-order valence-corrected chi connectivity index (χ1v) is 9.56. The number of carbonyl (C=O) groups excluding carboxylic acids is 2. The van der Waals surface area contributed by atoms with Crippen LogP contribution >= 0.6 is 11.3 Å². The minimum Gasteiger partial charge on any atom is -0.480 e. The fourth-order valence-electron chi connectivity index (χ4n) is 3.38. The molecule has 0 radical (unpaired) electrons. The van der Waals surface area contributed by atoms with Crippen molar-refractivity contribution in [1.29, 1.82) is 0 Å². The van der Waals surface area contributed by atoms with Crippen molar-refractivity contribution in [2.45, 2.75) is 45.6 Å². The van der Waals surface area contributed by atoms with Gasteiger partial charge < -0.3 is 14.9 Å². The molecule has 6 nitrogen and oxygen atoms in total. The number of carboxylic acid groups (broad SMARTS) is 1. The minimum absolute atomic E-state index is 0.0712. The summed E-state index contributed by atoms with van der Waals surface area (Å²) >= 11 is 1.66. The Kier molecular flexibility index (Phi) is 6.99. The predicted octanol–water partition coefficient (Wildman–Crippen LogP) is 2.24. The predicted molar refractivity (Wildman–Crippen MR) is 96.4 cm³/mol. The largest absolute Gasteiger partial charge is 0.480 e. The molecule has 2 heterocycles. The zero-order valence-corrected chi connectivity index (χ0v) is 15.6. The SMILES string of the molecule is CC(=O)N(CC(=O)O)C1CCCN(C(=O)C(C)Cc2cccs2)CC1. The smallest absolute Gasteiger partial charge is 0.323 e. The Morgan fingerprint density at radius 1 is 1.36 bits per heavy atom. The summed E-state index contributed by atoms with van der Waals surface area (Å²) in [5, 5.41) is 11.0. The third-order valence-corrected chi connectivity index (χ3v) is 5.57. The number of likely N-dealkylation sites (tertiary alicyclic amines) is 1. The third kappa shape index (κ3) is 5.56. The molecule has 138 valence electrons. The Hall–Kier alpha value is -1.89. The lowest BCUT2D eigenvalue weighted by Crippen LogP contribution is -2.43. The zero-order valence-electron chi connectivity index (χ0n) is 14.8. The summed E-state index contributed by atoms with van der Waals surface area (Å²) in [5.41, 5.74) is 0. The van der Waals surface area contributed by atoms with Crippen LogP contribution in [-0.4, -0.2) is 58.4 Å². The number of rotatable bonds is 6. The molecule has 25 heavy (non-hydrogen) atoms. The van der Waals surface area contributed by atoms with E-state index in [1.165, 1.54) is 16.7 Å². The number of carbonyl (C=O) groups is 3. The van der Waals surface area contributed by atoms with Crippen LogP contribution in [0.15, 0.2) is 17.5 Å². The van der Waals surface area contributed by atoms with Gasteiger partial charge >= 0.3 is 5.97 Å². The second-order valence-corrected chi connectivity index (χ2v) is 7.67. The van der Waals surface area contributed by atoms with Crippen molar-refractivity contribution in [1.82, 2.24) is 9.80 Å². The first-order chi connectivity index (χ1) is 11.9. The van der Waals surface area contributed by atoms with Crippen molar-refractivity contribution in [2.24, 2.45) is 5.92 Å². The normalized spacial score (nSPS) is 19.1. The Balaban J connectivity index is 1.94. The van der Waals surface area contributed by atoms with Crippen LogP contribution in [0.4, 0.5) is 0 Å². The van der Waals surface area contributed by atoms with Crippen LogP contribution < -0.4 is 0 Å². The number of hydrogen-bond acceptors (Lipinski definition) is 4. The highest BCUT2D eigenvalue weighted by Crippen LogP contribution is 2.21. The van der Waals surface area contributed by atoms with Gasteiger partial charge in [0, 0.05) is 36.9 Å². The molecular formula is C18H26N2O4S. The molecule has 1 saturated heterocycles. The van der Waals surface area contributed by atoms with Crippen LogP contribution in [0.3, 0.4) is 0 Å². The Morgan fingerprint density at radius 3 is 2.72 bits per heavy atom. The molecule has 1 aromatic rings. The topological polar surface area (TPSA) is 77.9 Å². The molecule has 2 atom stereocenters. The van der Waals surface area contributed by atoms with Crippen LogP contribution in [-0.2, 0) is 20.8 Å². The van der Waals surface area contributed by atoms with Crippen molar-refractivity contribution >= 4 is 29.1 Å². The second kappa shape index (κ2) is 8.99. The summed E-state index contributed by atoms with van der Waals surface area (Å²) in [6, 6.07) is 3.93. The molecule has 0 spiro atoms. The summed E-state index contributed by atoms with van der Waals surface area (Å²) in [6.07, 6.45) is 2.89. The fraction of sp³-hybridized carbons (Fsp3) is 0.611. The third-order valence-electron chi connectivity index (χ3n) is 4.67. The van der Waals surface area contributed by atoms with Crippen molar-refractivity contribution in [3.8, 4) is 0 Å². The van der Waals surface area contributed by atoms with E-state index in [0.29, 0.717) is 19.5 Å². The van der Waals surface area contributed by atoms with Crippen LogP contribution in [0.25, 0.3) is 0 Å². The molecule has 1 N–H and O–H groups in total. The lowest BCUT2D eigenvalue weighted by molar-refractivity contribution is -0.145. The molecule has 1 aliphatic heterocycles. The van der Waals surface area contributed by atoms with Gasteiger partial charge in [-0.25, -0.2) is 0 Å². The molecule has 0 aromatic carbocycles. The molecule has 1 aliphatic rings. The molecule has 0 saturated carbocycles. The molecule has 1 fully saturated rings. The van der Waals surface area contributed by atoms with E-state index < -0.39 is 5.97 Å². The maximum Gasteiger partial charge on any atom is 0.323 e. The molecule has 1 aromatic heterocycles. The maximum atomic E-state index is 12.7. The summed E-state index contributed by atoms with van der Waals surface area (Å²) < 4.78 is 0. The lowest BCUT2D eigenvalue weighted by Gasteiger charge is -2.29. The summed E-state index contributed by atoms with van der Waals surface area (Å²) in [6.45, 7) is 4.32. The van der Waals surface area contributed by atoms with Crippen molar-refractivity contribution < 1.29 is 19.5 Å². The molecule has 0 bridgehead atoms. The summed E-state index contributed by atoms with van der Waals surface area (Å²) in [5.74, 6) is -1.16. The van der Waals surface area contributed by atoms with E-state index in [2.05, 4.69) is 0 Å². The second-order valence-electron chi connectivity index (χ2n) is 6.64. The standard InChI is InChI=1S/C18H26N2O4S/c1-13(11-16-6-4-10-25-16)18(24)19-8-3-5-15(7-9-19)20(14(2)21)12-17(22)23/h4,6,10,13,15H,3,5,7-9,11-12H2,1-2H3,(H,22,23). The van der Waals surface area contributed by atoms with E-state index in [4.69, 9.17) is 5.11 Å². The van der Waals surface area contributed by atoms with Gasteiger partial charge in [0.05, 0.1) is 0 Å². The number of nitrogens with zero attached hydrogens (tertiary/aromatic N) is 2. The summed E-state index contributed by atoms with van der Waals surface area (Å²) in [7, 11) is 0. The van der Waals surface area contributed by atoms with E-state index >= 15 is 0 Å². The molecule has 2 amide bonds. The average molecular weight is 366 g/mol. The number of hydrogen-bond donors (Lipinski definition) is 1. The monoisotopic (exact) mass is 366 g/mol. The Bertz CT molecular complexity index is 602. The van der Waals surface area contributed by atoms with E-state index in [-0.39, 0.29) is 30.3 Å². The highest BCUT2D eigenvalue weighted by atomic mass is 32.1. The number of carboxylic acids is 1. The first kappa shape index (κ1) is 19.4.